The Morgan fingerprint density at radius 3 is 2.78 bits per heavy atom. The van der Waals surface area contributed by atoms with Crippen LogP contribution in [-0.4, -0.2) is 38.4 Å². The minimum Gasteiger partial charge on any atom is -0.493 e. The van der Waals surface area contributed by atoms with Gasteiger partial charge in [-0.05, 0) is 23.6 Å². The number of pyridine rings is 2. The summed E-state index contributed by atoms with van der Waals surface area (Å²) in [5, 5.41) is 13.8. The molecule has 1 aliphatic rings. The molecule has 182 valence electrons. The SMILES string of the molecule is Cn1nc(C#N)cc1-c1cnc(N(Cc2c(F)ccc3c2CCO3)C(=O)C(F)(F)F)c2cnccc12. The number of hydrogen-bond donors (Lipinski definition) is 0. The monoisotopic (exact) mass is 496 g/mol. The third-order valence-corrected chi connectivity index (χ3v) is 5.94. The number of rotatable bonds is 4. The van der Waals surface area contributed by atoms with E-state index in [0.29, 0.717) is 39.3 Å². The van der Waals surface area contributed by atoms with Crippen molar-refractivity contribution in [3.63, 3.8) is 0 Å². The summed E-state index contributed by atoms with van der Waals surface area (Å²) in [6.45, 7) is -0.453. The minimum absolute atomic E-state index is 0.0733. The van der Waals surface area contributed by atoms with E-state index in [0.717, 1.165) is 6.07 Å². The molecule has 0 saturated heterocycles. The Morgan fingerprint density at radius 2 is 2.06 bits per heavy atom. The first kappa shape index (κ1) is 23.2. The molecule has 0 unspecified atom stereocenters. The maximum Gasteiger partial charge on any atom is 0.471 e. The Balaban J connectivity index is 1.70. The summed E-state index contributed by atoms with van der Waals surface area (Å²) < 4.78 is 62.8. The molecule has 0 spiro atoms. The molecule has 12 heteroatoms. The van der Waals surface area contributed by atoms with E-state index >= 15 is 0 Å². The topological polar surface area (TPSA) is 96.9 Å². The van der Waals surface area contributed by atoms with Crippen LogP contribution in [0.15, 0.2) is 42.9 Å². The number of hydrogen-bond acceptors (Lipinski definition) is 6. The van der Waals surface area contributed by atoms with Gasteiger partial charge in [-0.25, -0.2) is 9.37 Å². The number of nitrogens with zero attached hydrogens (tertiary/aromatic N) is 6. The van der Waals surface area contributed by atoms with Crippen LogP contribution in [0.2, 0.25) is 0 Å². The molecule has 0 fully saturated rings. The lowest BCUT2D eigenvalue weighted by Gasteiger charge is -2.25. The van der Waals surface area contributed by atoms with Crippen LogP contribution < -0.4 is 9.64 Å². The van der Waals surface area contributed by atoms with Crippen molar-refractivity contribution in [1.82, 2.24) is 19.7 Å². The van der Waals surface area contributed by atoms with Crippen LogP contribution >= 0.6 is 0 Å². The van der Waals surface area contributed by atoms with Gasteiger partial charge in [-0.1, -0.05) is 0 Å². The minimum atomic E-state index is -5.25. The number of halogens is 4. The number of ether oxygens (including phenoxy) is 1. The number of benzene rings is 1. The van der Waals surface area contributed by atoms with Gasteiger partial charge in [0.15, 0.2) is 5.69 Å². The number of fused-ring (bicyclic) bond motifs is 2. The molecule has 36 heavy (non-hydrogen) atoms. The number of aryl methyl sites for hydroxylation is 1. The molecule has 4 heterocycles. The lowest BCUT2D eigenvalue weighted by Crippen LogP contribution is -2.41. The zero-order chi connectivity index (χ0) is 25.6. The number of anilines is 1. The van der Waals surface area contributed by atoms with Crippen LogP contribution in [0.1, 0.15) is 16.8 Å². The molecule has 1 amide bonds. The number of carbonyl (C=O) groups excluding carboxylic acids is 1. The largest absolute Gasteiger partial charge is 0.493 e. The molecule has 1 aromatic carbocycles. The molecule has 0 aliphatic carbocycles. The average Bonchev–Trinajstić information content (AvgIpc) is 3.48. The van der Waals surface area contributed by atoms with Gasteiger partial charge in [0, 0.05) is 60.2 Å². The van der Waals surface area contributed by atoms with Gasteiger partial charge in [0.05, 0.1) is 18.8 Å². The lowest BCUT2D eigenvalue weighted by atomic mass is 10.0. The maximum absolute atomic E-state index is 14.8. The van der Waals surface area contributed by atoms with Crippen molar-refractivity contribution in [2.75, 3.05) is 11.5 Å². The Kier molecular flexibility index (Phi) is 5.55. The molecular weight excluding hydrogens is 480 g/mol. The highest BCUT2D eigenvalue weighted by molar-refractivity contribution is 6.07. The van der Waals surface area contributed by atoms with Crippen molar-refractivity contribution in [2.24, 2.45) is 7.05 Å². The van der Waals surface area contributed by atoms with Crippen LogP contribution in [0, 0.1) is 17.1 Å². The molecular formula is C24H16F4N6O2. The van der Waals surface area contributed by atoms with Gasteiger partial charge in [-0.15, -0.1) is 0 Å². The second-order valence-electron chi connectivity index (χ2n) is 8.06. The lowest BCUT2D eigenvalue weighted by molar-refractivity contribution is -0.170. The Hall–Kier alpha value is -4.53. The van der Waals surface area contributed by atoms with Crippen LogP contribution in [-0.2, 0) is 24.8 Å². The van der Waals surface area contributed by atoms with E-state index in [1.54, 1.807) is 13.1 Å². The van der Waals surface area contributed by atoms with Crippen LogP contribution in [0.5, 0.6) is 5.75 Å². The Morgan fingerprint density at radius 1 is 1.25 bits per heavy atom. The quantitative estimate of drug-likeness (QED) is 0.395. The number of aromatic nitrogens is 4. The zero-order valence-corrected chi connectivity index (χ0v) is 18.7. The fourth-order valence-corrected chi connectivity index (χ4v) is 4.31. The highest BCUT2D eigenvalue weighted by Gasteiger charge is 2.44. The highest BCUT2D eigenvalue weighted by Crippen LogP contribution is 2.37. The van der Waals surface area contributed by atoms with E-state index in [1.165, 1.54) is 35.4 Å². The fourth-order valence-electron chi connectivity index (χ4n) is 4.31. The van der Waals surface area contributed by atoms with Crippen LogP contribution in [0.25, 0.3) is 22.0 Å². The third kappa shape index (κ3) is 3.88. The number of nitriles is 1. The fraction of sp³-hybridized carbons (Fsp3) is 0.208. The average molecular weight is 496 g/mol. The molecule has 0 N–H and O–H groups in total. The van der Waals surface area contributed by atoms with Gasteiger partial charge in [-0.2, -0.15) is 23.5 Å². The molecule has 0 saturated carbocycles. The highest BCUT2D eigenvalue weighted by atomic mass is 19.4. The Labute approximate surface area is 201 Å². The first-order chi connectivity index (χ1) is 17.2. The van der Waals surface area contributed by atoms with Gasteiger partial charge in [-0.3, -0.25) is 19.4 Å². The molecule has 3 aromatic heterocycles. The smallest absolute Gasteiger partial charge is 0.471 e. The number of carbonyl (C=O) groups is 1. The molecule has 0 bridgehead atoms. The summed E-state index contributed by atoms with van der Waals surface area (Å²) in [5.74, 6) is -2.92. The first-order valence-corrected chi connectivity index (χ1v) is 10.7. The van der Waals surface area contributed by atoms with Crippen molar-refractivity contribution < 1.29 is 27.1 Å². The van der Waals surface area contributed by atoms with E-state index < -0.39 is 24.4 Å². The predicted octanol–water partition coefficient (Wildman–Crippen LogP) is 4.07. The summed E-state index contributed by atoms with van der Waals surface area (Å²) in [6, 6.07) is 7.51. The number of alkyl halides is 3. The maximum atomic E-state index is 14.8. The number of amides is 1. The zero-order valence-electron chi connectivity index (χ0n) is 18.7. The summed E-state index contributed by atoms with van der Waals surface area (Å²) in [6.07, 6.45) is -0.930. The second kappa shape index (κ2) is 8.60. The van der Waals surface area contributed by atoms with Gasteiger partial charge < -0.3 is 4.74 Å². The van der Waals surface area contributed by atoms with Gasteiger partial charge in [0.2, 0.25) is 0 Å². The van der Waals surface area contributed by atoms with Crippen LogP contribution in [0.3, 0.4) is 0 Å². The predicted molar refractivity (Wildman–Crippen MR) is 119 cm³/mol. The Bertz CT molecular complexity index is 1560. The van der Waals surface area contributed by atoms with E-state index in [9.17, 15) is 27.6 Å². The van der Waals surface area contributed by atoms with Crippen molar-refractivity contribution in [2.45, 2.75) is 19.1 Å². The van der Waals surface area contributed by atoms with E-state index in [-0.39, 0.29) is 29.1 Å². The molecule has 0 atom stereocenters. The van der Waals surface area contributed by atoms with Crippen molar-refractivity contribution in [3.8, 4) is 23.1 Å². The summed E-state index contributed by atoms with van der Waals surface area (Å²) in [7, 11) is 1.61. The normalized spacial score (nSPS) is 12.8. The summed E-state index contributed by atoms with van der Waals surface area (Å²) in [5.41, 5.74) is 1.43. The molecule has 4 aromatic rings. The summed E-state index contributed by atoms with van der Waals surface area (Å²) >= 11 is 0. The summed E-state index contributed by atoms with van der Waals surface area (Å²) in [4.78, 5) is 21.2. The second-order valence-corrected chi connectivity index (χ2v) is 8.06. The molecule has 5 rings (SSSR count). The van der Waals surface area contributed by atoms with E-state index in [2.05, 4.69) is 15.1 Å². The van der Waals surface area contributed by atoms with Crippen molar-refractivity contribution >= 4 is 22.5 Å². The first-order valence-electron chi connectivity index (χ1n) is 10.7. The van der Waals surface area contributed by atoms with E-state index in [4.69, 9.17) is 4.74 Å². The standard InChI is InChI=1S/C24H16F4N6O2/c1-33-20(8-13(9-29)32-33)16-11-31-22(17-10-30-6-4-14(16)17)34(23(35)24(26,27)28)12-18-15-5-7-36-21(15)3-2-19(18)25/h2-4,6,8,10-11H,5,7,12H2,1H3. The van der Waals surface area contributed by atoms with Crippen LogP contribution in [0.4, 0.5) is 23.4 Å². The van der Waals surface area contributed by atoms with Crippen molar-refractivity contribution in [1.29, 1.82) is 5.26 Å². The molecule has 1 aliphatic heterocycles. The van der Waals surface area contributed by atoms with Gasteiger partial charge in [0.1, 0.15) is 23.5 Å². The van der Waals surface area contributed by atoms with Gasteiger partial charge in [0.25, 0.3) is 0 Å². The van der Waals surface area contributed by atoms with Crippen molar-refractivity contribution in [3.05, 3.63) is 65.5 Å². The van der Waals surface area contributed by atoms with Gasteiger partial charge >= 0.3 is 12.1 Å². The third-order valence-electron chi connectivity index (χ3n) is 5.94. The molecule has 0 radical (unpaired) electrons. The molecule has 8 nitrogen and oxygen atoms in total. The van der Waals surface area contributed by atoms with E-state index in [1.807, 2.05) is 6.07 Å².